The van der Waals surface area contributed by atoms with E-state index in [0.717, 1.165) is 0 Å². The summed E-state index contributed by atoms with van der Waals surface area (Å²) in [6.45, 7) is 11.5. The van der Waals surface area contributed by atoms with Gasteiger partial charge in [-0.1, -0.05) is 24.8 Å². The van der Waals surface area contributed by atoms with Gasteiger partial charge >= 0.3 is 20.2 Å². The second-order valence-electron chi connectivity index (χ2n) is 8.03. The predicted octanol–water partition coefficient (Wildman–Crippen LogP) is -0.0144. The Morgan fingerprint density at radius 2 is 1.54 bits per heavy atom. The molecule has 0 aromatic heterocycles. The van der Waals surface area contributed by atoms with Crippen molar-refractivity contribution in [3.8, 4) is 0 Å². The summed E-state index contributed by atoms with van der Waals surface area (Å²) in [6, 6.07) is -2.35. The normalized spacial score (nSPS) is 13.2. The summed E-state index contributed by atoms with van der Waals surface area (Å²) in [5.41, 5.74) is 4.55. The van der Waals surface area contributed by atoms with Gasteiger partial charge in [0.2, 0.25) is 5.91 Å². The Balaban J connectivity index is 5.21. The van der Waals surface area contributed by atoms with Crippen LogP contribution in [0.4, 0.5) is 4.79 Å². The highest BCUT2D eigenvalue weighted by Gasteiger charge is 2.35. The maximum atomic E-state index is 12.8. The molecule has 0 radical (unpaired) electrons. The molecule has 13 nitrogen and oxygen atoms in total. The molecular formula is C21H38N4O9P+. The van der Waals surface area contributed by atoms with Crippen LogP contribution >= 0.6 is 8.17 Å². The molecule has 0 saturated carbocycles. The Kier molecular flexibility index (Phi) is 16.0. The Morgan fingerprint density at radius 3 is 2.06 bits per heavy atom. The number of quaternary nitrogens is 1. The molecule has 0 saturated heterocycles. The third-order valence-corrected chi connectivity index (χ3v) is 5.21. The minimum atomic E-state index is -4.11. The first-order chi connectivity index (χ1) is 16.4. The third kappa shape index (κ3) is 16.0. The number of nitrogens with one attached hydrogen (secondary N) is 3. The molecule has 2 atom stereocenters. The molecule has 2 amide bonds. The number of hydrazine groups is 1. The number of nitrogens with zero attached hydrogens (tertiary/aromatic N) is 1. The number of hydrogen-bond donors (Lipinski definition) is 3. The van der Waals surface area contributed by atoms with E-state index in [-0.39, 0.29) is 26.4 Å². The number of ether oxygens (including phenoxy) is 2. The van der Waals surface area contributed by atoms with Gasteiger partial charge in [-0.15, -0.1) is 13.2 Å². The standard InChI is InChI=1S/C21H37N4O9P/c1-8-12-31-21(28)24-23-18(16-34-35(29,32-13-9-2)33-14-10-3)19(26)22-17(4)20(27)30-15-11-25(5,6)7/h8-10,17-18,23H,1-3,11-16H2,4-7H3,(H-,22,24,26,28)/p+1/t17-,18-/m0/s1. The number of esters is 1. The number of phosphoric acid groups is 1. The summed E-state index contributed by atoms with van der Waals surface area (Å²) >= 11 is 0. The second kappa shape index (κ2) is 17.1. The molecule has 35 heavy (non-hydrogen) atoms. The van der Waals surface area contributed by atoms with Crippen LogP contribution in [0.1, 0.15) is 6.92 Å². The SMILES string of the molecule is C=CCOC(=O)NN[C@@H](CO[P+]([O-])(OCC=C)OCC=C)C(=O)N[C@@H](C)C(=O)OCC[N+](C)(C)C. The highest BCUT2D eigenvalue weighted by Crippen LogP contribution is 2.53. The zero-order chi connectivity index (χ0) is 26.9. The van der Waals surface area contributed by atoms with E-state index in [2.05, 4.69) is 35.9 Å². The molecular weight excluding hydrogens is 483 g/mol. The summed E-state index contributed by atoms with van der Waals surface area (Å²) < 4.78 is 25.9. The van der Waals surface area contributed by atoms with Crippen LogP contribution in [-0.2, 0) is 32.6 Å². The van der Waals surface area contributed by atoms with E-state index in [1.54, 1.807) is 0 Å². The maximum absolute atomic E-state index is 12.8. The molecule has 0 rings (SSSR count). The van der Waals surface area contributed by atoms with E-state index in [0.29, 0.717) is 11.0 Å². The molecule has 0 spiro atoms. The smallest absolute Gasteiger partial charge is 0.421 e. The topological polar surface area (TPSA) is 157 Å². The molecule has 0 unspecified atom stereocenters. The maximum Gasteiger partial charge on any atom is 0.421 e. The van der Waals surface area contributed by atoms with Crippen LogP contribution < -0.4 is 21.1 Å². The molecule has 0 aromatic carbocycles. The fourth-order valence-corrected chi connectivity index (χ4v) is 3.11. The Morgan fingerprint density at radius 1 is 0.971 bits per heavy atom. The number of amides is 2. The van der Waals surface area contributed by atoms with Crippen molar-refractivity contribution in [1.82, 2.24) is 16.2 Å². The van der Waals surface area contributed by atoms with E-state index in [9.17, 15) is 19.3 Å². The highest BCUT2D eigenvalue weighted by molar-refractivity contribution is 7.54. The van der Waals surface area contributed by atoms with E-state index < -0.39 is 44.8 Å². The molecule has 0 fully saturated rings. The quantitative estimate of drug-likeness (QED) is 0.0694. The lowest BCUT2D eigenvalue weighted by Crippen LogP contribution is -2.56. The van der Waals surface area contributed by atoms with Gasteiger partial charge in [-0.25, -0.2) is 15.0 Å². The van der Waals surface area contributed by atoms with Crippen LogP contribution in [0.15, 0.2) is 38.0 Å². The van der Waals surface area contributed by atoms with Gasteiger partial charge < -0.3 is 24.2 Å². The number of likely N-dealkylation sites (N-methyl/N-ethyl adjacent to an activating group) is 1. The summed E-state index contributed by atoms with van der Waals surface area (Å²) in [6.07, 6.45) is 3.10. The molecule has 200 valence electrons. The van der Waals surface area contributed by atoms with Crippen molar-refractivity contribution in [3.05, 3.63) is 38.0 Å². The molecule has 0 bridgehead atoms. The van der Waals surface area contributed by atoms with Gasteiger partial charge in [0.15, 0.2) is 0 Å². The van der Waals surface area contributed by atoms with Gasteiger partial charge in [0.25, 0.3) is 0 Å². The zero-order valence-corrected chi connectivity index (χ0v) is 21.7. The van der Waals surface area contributed by atoms with E-state index in [1.807, 2.05) is 21.1 Å². The van der Waals surface area contributed by atoms with Gasteiger partial charge in [-0.2, -0.15) is 13.6 Å². The first-order valence-corrected chi connectivity index (χ1v) is 12.2. The van der Waals surface area contributed by atoms with Crippen LogP contribution in [0.3, 0.4) is 0 Å². The number of phosphoric ester groups is 1. The lowest BCUT2D eigenvalue weighted by atomic mass is 10.2. The van der Waals surface area contributed by atoms with Crippen molar-refractivity contribution >= 4 is 26.1 Å². The molecule has 0 aromatic rings. The average Bonchev–Trinajstić information content (AvgIpc) is 2.79. The van der Waals surface area contributed by atoms with Gasteiger partial charge in [-0.3, -0.25) is 10.2 Å². The monoisotopic (exact) mass is 521 g/mol. The number of rotatable bonds is 19. The fraction of sp³-hybridized carbons (Fsp3) is 0.571. The van der Waals surface area contributed by atoms with Gasteiger partial charge in [-0.05, 0) is 6.92 Å². The van der Waals surface area contributed by atoms with E-state index in [1.165, 1.54) is 25.2 Å². The molecule has 0 aliphatic heterocycles. The largest absolute Gasteiger partial charge is 0.606 e. The summed E-state index contributed by atoms with van der Waals surface area (Å²) in [4.78, 5) is 49.5. The number of carbonyl (C=O) groups excluding carboxylic acids is 3. The minimum absolute atomic E-state index is 0.0724. The summed E-state index contributed by atoms with van der Waals surface area (Å²) in [5.74, 6) is -1.43. The van der Waals surface area contributed by atoms with Crippen molar-refractivity contribution in [2.45, 2.75) is 19.0 Å². The molecule has 0 heterocycles. The van der Waals surface area contributed by atoms with Gasteiger partial charge in [0, 0.05) is 0 Å². The number of hydrogen-bond acceptors (Lipinski definition) is 10. The lowest BCUT2D eigenvalue weighted by molar-refractivity contribution is -0.870. The van der Waals surface area contributed by atoms with Crippen LogP contribution in [0.25, 0.3) is 0 Å². The van der Waals surface area contributed by atoms with Gasteiger partial charge in [0.05, 0.1) is 21.1 Å². The molecule has 3 N–H and O–H groups in total. The fourth-order valence-electron chi connectivity index (χ4n) is 1.98. The van der Waals surface area contributed by atoms with E-state index >= 15 is 0 Å². The summed E-state index contributed by atoms with van der Waals surface area (Å²) in [7, 11) is 1.72. The van der Waals surface area contributed by atoms with Crippen LogP contribution in [0, 0.1) is 0 Å². The first kappa shape index (κ1) is 32.6. The average molecular weight is 522 g/mol. The first-order valence-electron chi connectivity index (χ1n) is 10.7. The Labute approximate surface area is 207 Å². The third-order valence-electron chi connectivity index (χ3n) is 3.82. The van der Waals surface area contributed by atoms with Crippen LogP contribution in [-0.4, -0.2) is 95.3 Å². The Hall–Kier alpha value is -2.38. The van der Waals surface area contributed by atoms with Crippen molar-refractivity contribution in [3.63, 3.8) is 0 Å². The lowest BCUT2D eigenvalue weighted by Gasteiger charge is -2.27. The summed E-state index contributed by atoms with van der Waals surface area (Å²) in [5, 5.41) is 2.44. The zero-order valence-electron chi connectivity index (χ0n) is 20.8. The van der Waals surface area contributed by atoms with E-state index in [4.69, 9.17) is 23.0 Å². The van der Waals surface area contributed by atoms with Crippen molar-refractivity contribution in [2.75, 3.05) is 60.7 Å². The minimum Gasteiger partial charge on any atom is -0.606 e. The molecule has 0 aliphatic carbocycles. The van der Waals surface area contributed by atoms with Crippen molar-refractivity contribution in [1.29, 1.82) is 0 Å². The van der Waals surface area contributed by atoms with Gasteiger partial charge in [0.1, 0.15) is 51.7 Å². The Bertz CT molecular complexity index is 703. The second-order valence-corrected chi connectivity index (χ2v) is 9.70. The van der Waals surface area contributed by atoms with Crippen molar-refractivity contribution < 1.29 is 46.8 Å². The molecule has 0 aliphatic rings. The highest BCUT2D eigenvalue weighted by atomic mass is 31.2. The number of carbonyl (C=O) groups is 3. The predicted molar refractivity (Wildman–Crippen MR) is 128 cm³/mol. The molecule has 14 heteroatoms. The van der Waals surface area contributed by atoms with Crippen LogP contribution in [0.2, 0.25) is 0 Å². The van der Waals surface area contributed by atoms with Crippen molar-refractivity contribution in [2.24, 2.45) is 0 Å². The van der Waals surface area contributed by atoms with Crippen LogP contribution in [0.5, 0.6) is 0 Å².